The predicted octanol–water partition coefficient (Wildman–Crippen LogP) is -3.44. The molecule has 0 saturated carbocycles. The van der Waals surface area contributed by atoms with Gasteiger partial charge in [0.25, 0.3) is 0 Å². The molecule has 9 heavy (non-hydrogen) atoms. The van der Waals surface area contributed by atoms with Crippen molar-refractivity contribution >= 4 is 32.1 Å². The summed E-state index contributed by atoms with van der Waals surface area (Å²) in [6.45, 7) is 0. The van der Waals surface area contributed by atoms with E-state index in [1.807, 2.05) is 0 Å². The van der Waals surface area contributed by atoms with Crippen LogP contribution in [0.5, 0.6) is 0 Å². The van der Waals surface area contributed by atoms with E-state index in [0.717, 1.165) is 0 Å². The predicted molar refractivity (Wildman–Crippen MR) is 41.0 cm³/mol. The van der Waals surface area contributed by atoms with E-state index < -0.39 is 12.0 Å². The van der Waals surface area contributed by atoms with Gasteiger partial charge in [-0.1, -0.05) is 0 Å². The number of carboxylic acids is 1. The summed E-state index contributed by atoms with van der Waals surface area (Å²) in [6, 6.07) is -0.816. The van der Waals surface area contributed by atoms with Crippen molar-refractivity contribution in [3.8, 4) is 0 Å². The van der Waals surface area contributed by atoms with Gasteiger partial charge in [0.1, 0.15) is 6.04 Å². The topological polar surface area (TPSA) is 63.3 Å². The molecule has 6 heteroatoms. The molecule has 0 aromatic carbocycles. The van der Waals surface area contributed by atoms with Gasteiger partial charge in [-0.15, -0.1) is 0 Å². The number of aliphatic carboxylic acids is 1. The van der Waals surface area contributed by atoms with Crippen LogP contribution in [0.25, 0.3) is 0 Å². The smallest absolute Gasteiger partial charge is 1.00 e. The normalized spacial score (nSPS) is 10.4. The molecule has 52 valence electrons. The van der Waals surface area contributed by atoms with Gasteiger partial charge >= 0.3 is 35.5 Å². The molecule has 0 rings (SSSR count). The average molecular weight is 179 g/mol. The van der Waals surface area contributed by atoms with E-state index in [1.54, 1.807) is 0 Å². The summed E-state index contributed by atoms with van der Waals surface area (Å²) in [7, 11) is 0. The Hall–Kier alpha value is 1.13. The van der Waals surface area contributed by atoms with Crippen molar-refractivity contribution in [2.45, 2.75) is 6.04 Å². The minimum atomic E-state index is -1.00. The number of hydrogen-bond donors (Lipinski definition) is 3. The first-order valence-corrected chi connectivity index (χ1v) is 2.41. The van der Waals surface area contributed by atoms with E-state index in [0.29, 0.717) is 0 Å². The van der Waals surface area contributed by atoms with Gasteiger partial charge in [-0.3, -0.25) is 4.79 Å². The number of thiol groups is 1. The standard InChI is InChI=1S/C3H7NO2S.Na.H2S.H/c4-2(1-7)3(5)6;;;/h2,7H,1,4H2,(H,5,6);;1H2;/q;+1;;-1. The van der Waals surface area contributed by atoms with Gasteiger partial charge in [0.15, 0.2) is 0 Å². The third kappa shape index (κ3) is 9.13. The molecule has 3 nitrogen and oxygen atoms in total. The van der Waals surface area contributed by atoms with Crippen LogP contribution in [0.1, 0.15) is 1.43 Å². The van der Waals surface area contributed by atoms with Crippen LogP contribution in [0.3, 0.4) is 0 Å². The first-order valence-electron chi connectivity index (χ1n) is 1.77. The molecule has 0 bridgehead atoms. The number of rotatable bonds is 2. The molecule has 3 N–H and O–H groups in total. The zero-order chi connectivity index (χ0) is 5.86. The van der Waals surface area contributed by atoms with Gasteiger partial charge in [-0.05, 0) is 0 Å². The SMILES string of the molecule is NC(CS)C(=O)O.S.[H-].[Na+]. The number of carbonyl (C=O) groups is 1. The monoisotopic (exact) mass is 179 g/mol. The molecule has 1 atom stereocenters. The molecule has 0 fully saturated rings. The van der Waals surface area contributed by atoms with Crippen LogP contribution >= 0.6 is 26.1 Å². The van der Waals surface area contributed by atoms with E-state index in [9.17, 15) is 4.79 Å². The first-order chi connectivity index (χ1) is 3.18. The summed E-state index contributed by atoms with van der Waals surface area (Å²) in [6.07, 6.45) is 0. The molecule has 0 aliphatic rings. The fourth-order valence-corrected chi connectivity index (χ4v) is 0.234. The Balaban J connectivity index is -0.0000000600. The number of hydrogen-bond acceptors (Lipinski definition) is 3. The van der Waals surface area contributed by atoms with Crippen LogP contribution in [0.2, 0.25) is 0 Å². The van der Waals surface area contributed by atoms with E-state index in [2.05, 4.69) is 12.6 Å². The van der Waals surface area contributed by atoms with Crippen molar-refractivity contribution in [2.24, 2.45) is 5.73 Å². The quantitative estimate of drug-likeness (QED) is 0.305. The second-order valence-electron chi connectivity index (χ2n) is 1.13. The summed E-state index contributed by atoms with van der Waals surface area (Å²) < 4.78 is 0. The first kappa shape index (κ1) is 16.6. The second-order valence-corrected chi connectivity index (χ2v) is 1.49. The van der Waals surface area contributed by atoms with E-state index in [-0.39, 0.29) is 50.2 Å². The van der Waals surface area contributed by atoms with Crippen LogP contribution in [0, 0.1) is 0 Å². The van der Waals surface area contributed by atoms with Crippen LogP contribution in [-0.2, 0) is 4.79 Å². The second kappa shape index (κ2) is 9.13. The molecular weight excluding hydrogens is 169 g/mol. The maximum atomic E-state index is 9.76. The zero-order valence-electron chi connectivity index (χ0n) is 6.16. The minimum Gasteiger partial charge on any atom is -1.00 e. The van der Waals surface area contributed by atoms with Crippen molar-refractivity contribution in [3.63, 3.8) is 0 Å². The number of nitrogens with two attached hydrogens (primary N) is 1. The van der Waals surface area contributed by atoms with Crippen molar-refractivity contribution in [3.05, 3.63) is 0 Å². The largest absolute Gasteiger partial charge is 1.00 e. The van der Waals surface area contributed by atoms with Crippen LogP contribution in [0.4, 0.5) is 0 Å². The fourth-order valence-electron chi connectivity index (χ4n) is 0.0781. The summed E-state index contributed by atoms with van der Waals surface area (Å²) in [4.78, 5) is 9.76. The average Bonchev–Trinajstić information content (AvgIpc) is 1.65. The minimum absolute atomic E-state index is 0. The Morgan fingerprint density at radius 1 is 1.89 bits per heavy atom. The van der Waals surface area contributed by atoms with E-state index in [4.69, 9.17) is 10.8 Å². The van der Waals surface area contributed by atoms with Gasteiger partial charge < -0.3 is 12.3 Å². The summed E-state index contributed by atoms with van der Waals surface area (Å²) in [5.74, 6) is -0.815. The molecule has 0 spiro atoms. The Labute approximate surface area is 90.0 Å². The molecule has 0 aromatic rings. The van der Waals surface area contributed by atoms with Gasteiger partial charge in [0.05, 0.1) is 0 Å². The Morgan fingerprint density at radius 2 is 2.22 bits per heavy atom. The fraction of sp³-hybridized carbons (Fsp3) is 0.667. The molecule has 0 radical (unpaired) electrons. The van der Waals surface area contributed by atoms with Crippen molar-refractivity contribution in [2.75, 3.05) is 5.75 Å². The van der Waals surface area contributed by atoms with Crippen molar-refractivity contribution in [1.82, 2.24) is 0 Å². The van der Waals surface area contributed by atoms with Crippen LogP contribution in [-0.4, -0.2) is 22.9 Å². The molecule has 0 amide bonds. The third-order valence-electron chi connectivity index (χ3n) is 0.514. The van der Waals surface area contributed by atoms with Gasteiger partial charge in [-0.25, -0.2) is 0 Å². The van der Waals surface area contributed by atoms with Crippen LogP contribution < -0.4 is 35.3 Å². The van der Waals surface area contributed by atoms with Crippen molar-refractivity contribution in [1.29, 1.82) is 0 Å². The Kier molecular flexibility index (Phi) is 16.9. The third-order valence-corrected chi connectivity index (χ3v) is 0.907. The van der Waals surface area contributed by atoms with Crippen LogP contribution in [0.15, 0.2) is 0 Å². The Morgan fingerprint density at radius 3 is 2.22 bits per heavy atom. The van der Waals surface area contributed by atoms with Crippen molar-refractivity contribution < 1.29 is 40.9 Å². The summed E-state index contributed by atoms with van der Waals surface area (Å²) in [5.41, 5.74) is 4.94. The van der Waals surface area contributed by atoms with Gasteiger partial charge in [-0.2, -0.15) is 26.1 Å². The molecule has 0 aliphatic heterocycles. The molecular formula is C3H10NNaO2S2. The maximum Gasteiger partial charge on any atom is 1.00 e. The zero-order valence-corrected chi connectivity index (χ0v) is 9.06. The van der Waals surface area contributed by atoms with Gasteiger partial charge in [0.2, 0.25) is 0 Å². The number of carboxylic acid groups (broad SMARTS) is 1. The molecule has 0 aliphatic carbocycles. The Bertz CT molecular complexity index is 86.9. The molecule has 0 saturated heterocycles. The van der Waals surface area contributed by atoms with E-state index >= 15 is 0 Å². The van der Waals surface area contributed by atoms with E-state index in [1.165, 1.54) is 0 Å². The molecule has 0 heterocycles. The maximum absolute atomic E-state index is 9.76. The summed E-state index contributed by atoms with van der Waals surface area (Å²) in [5, 5.41) is 8.01. The van der Waals surface area contributed by atoms with Gasteiger partial charge in [0, 0.05) is 5.75 Å². The summed E-state index contributed by atoms with van der Waals surface area (Å²) >= 11 is 3.65. The molecule has 1 unspecified atom stereocenters. The molecule has 0 aromatic heterocycles.